The molecule has 2 heterocycles. The second-order valence-electron chi connectivity index (χ2n) is 11.7. The van der Waals surface area contributed by atoms with Crippen LogP contribution < -0.4 is 10.0 Å². The van der Waals surface area contributed by atoms with Crippen LogP contribution in [0.2, 0.25) is 0 Å². The number of carbonyl (C=O) groups excluding carboxylic acids is 3. The number of sulfonamides is 2. The van der Waals surface area contributed by atoms with Crippen LogP contribution in [0.3, 0.4) is 0 Å². The molecule has 1 unspecified atom stereocenters. The van der Waals surface area contributed by atoms with E-state index >= 15 is 0 Å². The number of amidine groups is 1. The van der Waals surface area contributed by atoms with Crippen LogP contribution >= 0.6 is 0 Å². The van der Waals surface area contributed by atoms with Crippen LogP contribution in [0.15, 0.2) is 51.8 Å². The van der Waals surface area contributed by atoms with Crippen molar-refractivity contribution in [3.8, 4) is 0 Å². The fourth-order valence-electron chi connectivity index (χ4n) is 6.18. The Morgan fingerprint density at radius 1 is 1.21 bits per heavy atom. The van der Waals surface area contributed by atoms with Gasteiger partial charge in [-0.2, -0.15) is 8.42 Å². The molecule has 1 amide bonds. The number of rotatable bonds is 8. The number of aliphatic hydroxyl groups is 1. The van der Waals surface area contributed by atoms with Gasteiger partial charge in [-0.15, -0.1) is 4.40 Å². The third-order valence-corrected chi connectivity index (χ3v) is 10.2. The second kappa shape index (κ2) is 11.1. The highest BCUT2D eigenvalue weighted by Crippen LogP contribution is 2.45. The average Bonchev–Trinajstić information content (AvgIpc) is 3.41. The number of carbonyl (C=O) groups is 3. The van der Waals surface area contributed by atoms with Crippen LogP contribution in [0.1, 0.15) is 55.5 Å². The highest BCUT2D eigenvalue weighted by Gasteiger charge is 2.59. The average molecular weight is 631 g/mol. The van der Waals surface area contributed by atoms with Crippen molar-refractivity contribution in [1.82, 2.24) is 4.90 Å². The Labute approximate surface area is 250 Å². The number of benzene rings is 2. The Morgan fingerprint density at radius 2 is 1.93 bits per heavy atom. The van der Waals surface area contributed by atoms with Crippen LogP contribution in [0, 0.1) is 11.8 Å². The predicted octanol–water partition coefficient (Wildman–Crippen LogP) is 2.31. The second-order valence-corrected chi connectivity index (χ2v) is 15.0. The molecular formula is C29H34N4O8S2. The van der Waals surface area contributed by atoms with E-state index in [1.807, 2.05) is 13.8 Å². The summed E-state index contributed by atoms with van der Waals surface area (Å²) in [4.78, 5) is 44.4. The summed E-state index contributed by atoms with van der Waals surface area (Å²) in [5.41, 5.74) is -1.42. The van der Waals surface area contributed by atoms with Crippen molar-refractivity contribution in [3.63, 3.8) is 0 Å². The lowest BCUT2D eigenvalue weighted by Crippen LogP contribution is -2.60. The van der Waals surface area contributed by atoms with E-state index in [0.717, 1.165) is 12.3 Å². The summed E-state index contributed by atoms with van der Waals surface area (Å²) in [5, 5.41) is 12.8. The molecule has 230 valence electrons. The lowest BCUT2D eigenvalue weighted by Gasteiger charge is -2.43. The van der Waals surface area contributed by atoms with Gasteiger partial charge in [-0.25, -0.2) is 8.42 Å². The molecule has 0 bridgehead atoms. The van der Waals surface area contributed by atoms with Crippen molar-refractivity contribution in [2.24, 2.45) is 16.2 Å². The van der Waals surface area contributed by atoms with E-state index in [1.165, 1.54) is 23.1 Å². The summed E-state index contributed by atoms with van der Waals surface area (Å²) >= 11 is 0. The van der Waals surface area contributed by atoms with Gasteiger partial charge >= 0.3 is 0 Å². The van der Waals surface area contributed by atoms with E-state index in [1.54, 1.807) is 18.2 Å². The summed E-state index contributed by atoms with van der Waals surface area (Å²) in [6, 6.07) is 9.66. The summed E-state index contributed by atoms with van der Waals surface area (Å²) in [5.74, 6) is -4.03. The van der Waals surface area contributed by atoms with Crippen molar-refractivity contribution in [3.05, 3.63) is 53.6 Å². The number of anilines is 2. The van der Waals surface area contributed by atoms with Gasteiger partial charge in [0, 0.05) is 17.8 Å². The zero-order chi connectivity index (χ0) is 31.3. The van der Waals surface area contributed by atoms with E-state index in [0.29, 0.717) is 25.8 Å². The number of hydrogen-bond acceptors (Lipinski definition) is 9. The summed E-state index contributed by atoms with van der Waals surface area (Å²) < 4.78 is 56.2. The predicted molar refractivity (Wildman–Crippen MR) is 160 cm³/mol. The molecule has 5 rings (SSSR count). The number of fused-ring (bicyclic) bond motifs is 2. The van der Waals surface area contributed by atoms with Gasteiger partial charge < -0.3 is 15.3 Å². The summed E-state index contributed by atoms with van der Waals surface area (Å²) in [6.45, 7) is 3.97. The first kappa shape index (κ1) is 30.8. The number of aliphatic hydroxyl groups excluding tert-OH is 1. The molecule has 1 fully saturated rings. The van der Waals surface area contributed by atoms with Gasteiger partial charge in [0.05, 0.1) is 24.6 Å². The Hall–Kier alpha value is -3.62. The van der Waals surface area contributed by atoms with Crippen molar-refractivity contribution < 1.29 is 36.3 Å². The van der Waals surface area contributed by atoms with Gasteiger partial charge in [-0.1, -0.05) is 38.1 Å². The molecule has 3 aliphatic rings. The maximum atomic E-state index is 14.7. The molecule has 0 radical (unpaired) electrons. The van der Waals surface area contributed by atoms with Crippen molar-refractivity contribution >= 4 is 54.7 Å². The first-order chi connectivity index (χ1) is 20.2. The van der Waals surface area contributed by atoms with Gasteiger partial charge in [0.25, 0.3) is 10.0 Å². The lowest BCUT2D eigenvalue weighted by atomic mass is 9.61. The van der Waals surface area contributed by atoms with Gasteiger partial charge in [-0.05, 0) is 55.4 Å². The largest absolute Gasteiger partial charge is 0.394 e. The molecular weight excluding hydrogens is 596 g/mol. The molecule has 0 aromatic heterocycles. The molecule has 2 aliphatic heterocycles. The molecule has 14 heteroatoms. The Balaban J connectivity index is 1.66. The Morgan fingerprint density at radius 3 is 2.60 bits per heavy atom. The topological polar surface area (TPSA) is 179 Å². The van der Waals surface area contributed by atoms with Crippen LogP contribution in [0.25, 0.3) is 0 Å². The summed E-state index contributed by atoms with van der Waals surface area (Å²) in [6.07, 6.45) is 2.68. The maximum absolute atomic E-state index is 14.7. The molecule has 2 aromatic rings. The highest BCUT2D eigenvalue weighted by molar-refractivity contribution is 7.92. The van der Waals surface area contributed by atoms with Crippen LogP contribution in [-0.2, 0) is 35.1 Å². The SMILES string of the molecule is CC(C)CC[C@@]1(C(=O)N2CCC[C@@H]2CO)C(=O)C(C2=NS(=O)(=O)c3cc(NS(C)(=O)=O)ccc3N2)C(=O)c2ccccc21. The molecule has 3 atom stereocenters. The van der Waals surface area contributed by atoms with Crippen LogP contribution in [0.4, 0.5) is 11.4 Å². The van der Waals surface area contributed by atoms with Crippen molar-refractivity contribution in [2.75, 3.05) is 29.4 Å². The molecule has 2 aromatic carbocycles. The quantitative estimate of drug-likeness (QED) is 0.369. The number of amides is 1. The van der Waals surface area contributed by atoms with Gasteiger partial charge in [-0.3, -0.25) is 19.1 Å². The molecule has 1 aliphatic carbocycles. The molecule has 1 saturated heterocycles. The van der Waals surface area contributed by atoms with Crippen molar-refractivity contribution in [2.45, 2.75) is 55.9 Å². The first-order valence-electron chi connectivity index (χ1n) is 14.0. The van der Waals surface area contributed by atoms with Crippen LogP contribution in [-0.4, -0.2) is 75.6 Å². The molecule has 3 N–H and O–H groups in total. The lowest BCUT2D eigenvalue weighted by molar-refractivity contribution is -0.146. The minimum Gasteiger partial charge on any atom is -0.394 e. The van der Waals surface area contributed by atoms with Crippen molar-refractivity contribution in [1.29, 1.82) is 0 Å². The van der Waals surface area contributed by atoms with Gasteiger partial charge in [0.15, 0.2) is 11.6 Å². The number of nitrogens with zero attached hydrogens (tertiary/aromatic N) is 2. The van der Waals surface area contributed by atoms with E-state index in [-0.39, 0.29) is 46.3 Å². The third kappa shape index (κ3) is 5.47. The normalized spacial score (nSPS) is 24.7. The minimum absolute atomic E-state index is 0.00232. The van der Waals surface area contributed by atoms with E-state index in [4.69, 9.17) is 0 Å². The standard InChI is InChI=1S/C29H34N4O8S2/c1-17(2)12-13-29(28(37)33-14-6-7-19(33)16-34)21-9-5-4-8-20(21)25(35)24(26(29)36)27-30-22-11-10-18(31-42(3,38)39)15-23(22)43(40,41)32-27/h4-5,8-11,15,17,19,24,31,34H,6-7,12-14,16H2,1-3H3,(H,30,32)/t19-,24?,29+/m1/s1. The molecule has 0 spiro atoms. The number of Topliss-reactive ketones (excluding diaryl/α,β-unsaturated/α-hetero) is 2. The van der Waals surface area contributed by atoms with Gasteiger partial charge in [0.2, 0.25) is 15.9 Å². The van der Waals surface area contributed by atoms with E-state index < -0.39 is 60.7 Å². The number of ketones is 2. The van der Waals surface area contributed by atoms with E-state index in [9.17, 15) is 36.3 Å². The zero-order valence-electron chi connectivity index (χ0n) is 24.0. The highest BCUT2D eigenvalue weighted by atomic mass is 32.2. The fourth-order valence-corrected chi connectivity index (χ4v) is 7.92. The molecule has 0 saturated carbocycles. The van der Waals surface area contributed by atoms with E-state index in [2.05, 4.69) is 14.4 Å². The number of nitrogens with one attached hydrogen (secondary N) is 2. The third-order valence-electron chi connectivity index (χ3n) is 8.23. The van der Waals surface area contributed by atoms with Crippen LogP contribution in [0.5, 0.6) is 0 Å². The smallest absolute Gasteiger partial charge is 0.286 e. The molecule has 43 heavy (non-hydrogen) atoms. The minimum atomic E-state index is -4.50. The molecule has 12 nitrogen and oxygen atoms in total. The number of likely N-dealkylation sites (tertiary alicyclic amines) is 1. The fraction of sp³-hybridized carbons (Fsp3) is 0.448. The van der Waals surface area contributed by atoms with Gasteiger partial charge in [0.1, 0.15) is 22.1 Å². The monoisotopic (exact) mass is 630 g/mol. The zero-order valence-corrected chi connectivity index (χ0v) is 25.7. The first-order valence-corrected chi connectivity index (χ1v) is 17.4. The summed E-state index contributed by atoms with van der Waals surface area (Å²) in [7, 11) is -8.20. The number of hydrogen-bond donors (Lipinski definition) is 3. The maximum Gasteiger partial charge on any atom is 0.286 e. The Kier molecular flexibility index (Phi) is 7.99. The Bertz CT molecular complexity index is 1750.